The maximum absolute atomic E-state index is 13.5. The summed E-state index contributed by atoms with van der Waals surface area (Å²) >= 11 is 0. The minimum Gasteiger partial charge on any atom is -0.497 e. The van der Waals surface area contributed by atoms with Crippen molar-refractivity contribution in [1.29, 1.82) is 0 Å². The van der Waals surface area contributed by atoms with Crippen LogP contribution in [0.2, 0.25) is 0 Å². The van der Waals surface area contributed by atoms with E-state index in [1.807, 2.05) is 12.1 Å². The van der Waals surface area contributed by atoms with Crippen molar-refractivity contribution < 1.29 is 23.8 Å². The second kappa shape index (κ2) is 11.6. The van der Waals surface area contributed by atoms with Gasteiger partial charge in [-0.2, -0.15) is 0 Å². The molecule has 32 heavy (non-hydrogen) atoms. The monoisotopic (exact) mass is 440 g/mol. The van der Waals surface area contributed by atoms with Crippen LogP contribution >= 0.6 is 0 Å². The van der Waals surface area contributed by atoms with Crippen molar-refractivity contribution in [2.75, 3.05) is 57.3 Å². The Hall–Kier alpha value is -2.90. The zero-order chi connectivity index (χ0) is 22.9. The Morgan fingerprint density at radius 1 is 0.719 bits per heavy atom. The van der Waals surface area contributed by atoms with E-state index >= 15 is 0 Å². The summed E-state index contributed by atoms with van der Waals surface area (Å²) < 4.78 is 16.3. The standard InChI is InChI=1S/C25H32N2O5/c1-4-12-31-14-10-26-20-8-9-21(27-11-15-32-13-5-2)23-22(20)24(28)18-7-6-17(30-3)16-19(18)25(23)29/h6-9,16,26-27H,4-5,10-15H2,1-3H3. The van der Waals surface area contributed by atoms with Crippen LogP contribution in [0.5, 0.6) is 5.75 Å². The highest BCUT2D eigenvalue weighted by Crippen LogP contribution is 2.37. The summed E-state index contributed by atoms with van der Waals surface area (Å²) in [5, 5.41) is 6.54. The van der Waals surface area contributed by atoms with Crippen LogP contribution < -0.4 is 15.4 Å². The number of anilines is 2. The molecule has 7 heteroatoms. The molecular formula is C25H32N2O5. The van der Waals surface area contributed by atoms with Gasteiger partial charge in [0.15, 0.2) is 11.6 Å². The summed E-state index contributed by atoms with van der Waals surface area (Å²) in [6.07, 6.45) is 1.90. The highest BCUT2D eigenvalue weighted by molar-refractivity contribution is 6.32. The van der Waals surface area contributed by atoms with Crippen LogP contribution in [0.3, 0.4) is 0 Å². The van der Waals surface area contributed by atoms with Crippen molar-refractivity contribution in [3.63, 3.8) is 0 Å². The Kier molecular flexibility index (Phi) is 8.64. The molecule has 3 rings (SSSR count). The highest BCUT2D eigenvalue weighted by atomic mass is 16.5. The predicted molar refractivity (Wildman–Crippen MR) is 126 cm³/mol. The first kappa shape index (κ1) is 23.8. The third kappa shape index (κ3) is 5.29. The van der Waals surface area contributed by atoms with E-state index in [2.05, 4.69) is 24.5 Å². The molecule has 7 nitrogen and oxygen atoms in total. The molecule has 0 amide bonds. The second-order valence-electron chi connectivity index (χ2n) is 7.56. The topological polar surface area (TPSA) is 85.9 Å². The highest BCUT2D eigenvalue weighted by Gasteiger charge is 2.34. The lowest BCUT2D eigenvalue weighted by molar-refractivity contribution is 0.0979. The molecule has 0 atom stereocenters. The number of methoxy groups -OCH3 is 1. The van der Waals surface area contributed by atoms with Gasteiger partial charge in [0.2, 0.25) is 0 Å². The van der Waals surface area contributed by atoms with E-state index in [1.54, 1.807) is 18.2 Å². The van der Waals surface area contributed by atoms with E-state index in [-0.39, 0.29) is 11.6 Å². The summed E-state index contributed by atoms with van der Waals surface area (Å²) in [5.41, 5.74) is 2.77. The van der Waals surface area contributed by atoms with Gasteiger partial charge in [-0.05, 0) is 43.2 Å². The number of fused-ring (bicyclic) bond motifs is 2. The minimum absolute atomic E-state index is 0.180. The first-order chi connectivity index (χ1) is 15.6. The molecule has 0 saturated carbocycles. The van der Waals surface area contributed by atoms with E-state index in [0.29, 0.717) is 78.9 Å². The van der Waals surface area contributed by atoms with Gasteiger partial charge >= 0.3 is 0 Å². The van der Waals surface area contributed by atoms with Crippen LogP contribution in [0.1, 0.15) is 58.5 Å². The third-order valence-electron chi connectivity index (χ3n) is 5.20. The molecule has 0 radical (unpaired) electrons. The van der Waals surface area contributed by atoms with Crippen molar-refractivity contribution in [3.05, 3.63) is 52.6 Å². The molecular weight excluding hydrogens is 408 g/mol. The molecule has 0 unspecified atom stereocenters. The van der Waals surface area contributed by atoms with Crippen molar-refractivity contribution >= 4 is 22.9 Å². The van der Waals surface area contributed by atoms with Crippen LogP contribution in [-0.2, 0) is 9.47 Å². The molecule has 0 bridgehead atoms. The quantitative estimate of drug-likeness (QED) is 0.386. The Balaban J connectivity index is 1.93. The fraction of sp³-hybridized carbons (Fsp3) is 0.440. The number of ketones is 2. The molecule has 1 aliphatic rings. The minimum atomic E-state index is -0.198. The van der Waals surface area contributed by atoms with Crippen LogP contribution in [0.4, 0.5) is 11.4 Å². The fourth-order valence-electron chi connectivity index (χ4n) is 3.68. The number of rotatable bonds is 13. The molecule has 0 aliphatic heterocycles. The largest absolute Gasteiger partial charge is 0.497 e. The number of benzene rings is 2. The first-order valence-corrected chi connectivity index (χ1v) is 11.2. The Labute approximate surface area is 189 Å². The number of hydrogen-bond donors (Lipinski definition) is 2. The van der Waals surface area contributed by atoms with Gasteiger partial charge in [-0.3, -0.25) is 9.59 Å². The smallest absolute Gasteiger partial charge is 0.196 e. The number of nitrogens with one attached hydrogen (secondary N) is 2. The Bertz CT molecular complexity index is 958. The second-order valence-corrected chi connectivity index (χ2v) is 7.56. The van der Waals surface area contributed by atoms with Gasteiger partial charge in [0, 0.05) is 48.8 Å². The molecule has 2 N–H and O–H groups in total. The SMILES string of the molecule is CCCOCCNc1ccc(NCCOCCC)c2c1C(=O)c1ccc(OC)cc1C2=O. The lowest BCUT2D eigenvalue weighted by atomic mass is 9.82. The first-order valence-electron chi connectivity index (χ1n) is 11.2. The molecule has 0 fully saturated rings. The maximum Gasteiger partial charge on any atom is 0.196 e. The van der Waals surface area contributed by atoms with Gasteiger partial charge in [0.1, 0.15) is 5.75 Å². The van der Waals surface area contributed by atoms with Gasteiger partial charge in [-0.25, -0.2) is 0 Å². The van der Waals surface area contributed by atoms with E-state index in [1.165, 1.54) is 7.11 Å². The molecule has 0 saturated heterocycles. The van der Waals surface area contributed by atoms with E-state index < -0.39 is 0 Å². The summed E-state index contributed by atoms with van der Waals surface area (Å²) in [4.78, 5) is 27.0. The van der Waals surface area contributed by atoms with Crippen molar-refractivity contribution in [1.82, 2.24) is 0 Å². The van der Waals surface area contributed by atoms with Crippen molar-refractivity contribution in [2.24, 2.45) is 0 Å². The summed E-state index contributed by atoms with van der Waals surface area (Å²) in [6.45, 7) is 7.61. The molecule has 0 heterocycles. The molecule has 172 valence electrons. The van der Waals surface area contributed by atoms with Crippen LogP contribution in [-0.4, -0.2) is 58.2 Å². The van der Waals surface area contributed by atoms with Gasteiger partial charge in [0.05, 0.1) is 31.5 Å². The average Bonchev–Trinajstić information content (AvgIpc) is 2.82. The average molecular weight is 441 g/mol. The molecule has 2 aromatic carbocycles. The maximum atomic E-state index is 13.5. The van der Waals surface area contributed by atoms with Gasteiger partial charge < -0.3 is 24.8 Å². The number of carbonyl (C=O) groups excluding carboxylic acids is 2. The number of carbonyl (C=O) groups is 2. The summed E-state index contributed by atoms with van der Waals surface area (Å²) in [7, 11) is 1.54. The Morgan fingerprint density at radius 2 is 1.25 bits per heavy atom. The van der Waals surface area contributed by atoms with Crippen LogP contribution in [0.15, 0.2) is 30.3 Å². The zero-order valence-corrected chi connectivity index (χ0v) is 19.1. The molecule has 2 aromatic rings. The van der Waals surface area contributed by atoms with Crippen LogP contribution in [0.25, 0.3) is 0 Å². The fourth-order valence-corrected chi connectivity index (χ4v) is 3.68. The normalized spacial score (nSPS) is 12.3. The zero-order valence-electron chi connectivity index (χ0n) is 19.1. The number of hydrogen-bond acceptors (Lipinski definition) is 7. The molecule has 0 spiro atoms. The van der Waals surface area contributed by atoms with E-state index in [9.17, 15) is 9.59 Å². The van der Waals surface area contributed by atoms with E-state index in [0.717, 1.165) is 12.8 Å². The van der Waals surface area contributed by atoms with Gasteiger partial charge in [-0.1, -0.05) is 13.8 Å². The molecule has 0 aromatic heterocycles. The van der Waals surface area contributed by atoms with Crippen molar-refractivity contribution in [2.45, 2.75) is 26.7 Å². The third-order valence-corrected chi connectivity index (χ3v) is 5.20. The van der Waals surface area contributed by atoms with Gasteiger partial charge in [0.25, 0.3) is 0 Å². The lowest BCUT2D eigenvalue weighted by Crippen LogP contribution is -2.25. The summed E-state index contributed by atoms with van der Waals surface area (Å²) in [5.74, 6) is 0.162. The lowest BCUT2D eigenvalue weighted by Gasteiger charge is -2.24. The Morgan fingerprint density at radius 3 is 1.75 bits per heavy atom. The van der Waals surface area contributed by atoms with Gasteiger partial charge in [-0.15, -0.1) is 0 Å². The van der Waals surface area contributed by atoms with Crippen molar-refractivity contribution in [3.8, 4) is 5.75 Å². The summed E-state index contributed by atoms with van der Waals surface area (Å²) in [6, 6.07) is 8.67. The molecule has 1 aliphatic carbocycles. The number of ether oxygens (including phenoxy) is 3. The van der Waals surface area contributed by atoms with E-state index in [4.69, 9.17) is 14.2 Å². The van der Waals surface area contributed by atoms with Crippen LogP contribution in [0, 0.1) is 0 Å². The predicted octanol–water partition coefficient (Wildman–Crippen LogP) is 4.15.